The van der Waals surface area contributed by atoms with Crippen LogP contribution in [-0.2, 0) is 0 Å². The molecule has 0 bridgehead atoms. The van der Waals surface area contributed by atoms with E-state index < -0.39 is 0 Å². The van der Waals surface area contributed by atoms with Crippen LogP contribution in [0.25, 0.3) is 21.7 Å². The van der Waals surface area contributed by atoms with E-state index in [0.29, 0.717) is 0 Å². The number of rotatable bonds is 0. The van der Waals surface area contributed by atoms with Crippen molar-refractivity contribution in [3.05, 3.63) is 54.7 Å². The fourth-order valence-electron chi connectivity index (χ4n) is 1.75. The van der Waals surface area contributed by atoms with Gasteiger partial charge in [-0.05, 0) is 17.5 Å². The van der Waals surface area contributed by atoms with Crippen LogP contribution >= 0.6 is 0 Å². The molecule has 0 saturated carbocycles. The molecule has 0 unspecified atom stereocenters. The highest BCUT2D eigenvalue weighted by atomic mass is 14.6. The zero-order valence-corrected chi connectivity index (χ0v) is 7.57. The van der Waals surface area contributed by atoms with Gasteiger partial charge in [0.25, 0.3) is 0 Å². The van der Waals surface area contributed by atoms with E-state index in [2.05, 4.69) is 35.3 Å². The molecule has 1 heterocycles. The lowest BCUT2D eigenvalue weighted by Crippen LogP contribution is -1.80. The third-order valence-electron chi connectivity index (χ3n) is 2.44. The third kappa shape index (κ3) is 0.990. The van der Waals surface area contributed by atoms with Crippen LogP contribution in [0.2, 0.25) is 0 Å². The Kier molecular flexibility index (Phi) is 1.51. The minimum absolute atomic E-state index is 1.01. The van der Waals surface area contributed by atoms with Crippen molar-refractivity contribution in [3.8, 4) is 0 Å². The average Bonchev–Trinajstić information content (AvgIpc) is 2.29. The highest BCUT2D eigenvalue weighted by molar-refractivity contribution is 6.05. The van der Waals surface area contributed by atoms with Gasteiger partial charge in [0, 0.05) is 17.0 Å². The SMILES string of the molecule is [c]1ccc2c(c1)ncc1ccccc12. The Morgan fingerprint density at radius 3 is 2.93 bits per heavy atom. The van der Waals surface area contributed by atoms with Gasteiger partial charge in [0.05, 0.1) is 5.52 Å². The molecule has 65 valence electrons. The van der Waals surface area contributed by atoms with Gasteiger partial charge in [0.1, 0.15) is 0 Å². The molecule has 0 amide bonds. The number of aromatic nitrogens is 1. The van der Waals surface area contributed by atoms with Crippen LogP contribution in [0.5, 0.6) is 0 Å². The first-order valence-corrected chi connectivity index (χ1v) is 4.59. The van der Waals surface area contributed by atoms with Crippen molar-refractivity contribution in [2.75, 3.05) is 0 Å². The van der Waals surface area contributed by atoms with E-state index >= 15 is 0 Å². The van der Waals surface area contributed by atoms with Gasteiger partial charge in [-0.3, -0.25) is 4.98 Å². The second-order valence-electron chi connectivity index (χ2n) is 3.29. The molecule has 0 fully saturated rings. The van der Waals surface area contributed by atoms with Crippen molar-refractivity contribution in [2.45, 2.75) is 0 Å². The molecule has 1 aromatic heterocycles. The monoisotopic (exact) mass is 178 g/mol. The maximum atomic E-state index is 4.38. The van der Waals surface area contributed by atoms with Crippen molar-refractivity contribution in [1.29, 1.82) is 0 Å². The van der Waals surface area contributed by atoms with Crippen LogP contribution in [0.3, 0.4) is 0 Å². The van der Waals surface area contributed by atoms with Crippen molar-refractivity contribution >= 4 is 21.7 Å². The summed E-state index contributed by atoms with van der Waals surface area (Å²) in [6.45, 7) is 0. The maximum Gasteiger partial charge on any atom is 0.0714 e. The summed E-state index contributed by atoms with van der Waals surface area (Å²) in [6, 6.07) is 17.2. The quantitative estimate of drug-likeness (QED) is 0.482. The van der Waals surface area contributed by atoms with Crippen LogP contribution in [-0.4, -0.2) is 4.98 Å². The molecule has 0 aliphatic rings. The Hall–Kier alpha value is -1.89. The zero-order chi connectivity index (χ0) is 9.38. The molecule has 14 heavy (non-hydrogen) atoms. The standard InChI is InChI=1S/C13H8N/c1-2-6-11-10(5-1)9-14-13-8-4-3-7-12(11)13/h1-3,5-9H. The lowest BCUT2D eigenvalue weighted by molar-refractivity contribution is 1.44. The first-order chi connectivity index (χ1) is 6.95. The Labute approximate surface area is 82.0 Å². The summed E-state index contributed by atoms with van der Waals surface area (Å²) >= 11 is 0. The molecule has 0 spiro atoms. The van der Waals surface area contributed by atoms with Gasteiger partial charge in [0.2, 0.25) is 0 Å². The average molecular weight is 178 g/mol. The second kappa shape index (κ2) is 2.81. The van der Waals surface area contributed by atoms with E-state index in [0.717, 1.165) is 5.52 Å². The predicted octanol–water partition coefficient (Wildman–Crippen LogP) is 3.19. The van der Waals surface area contributed by atoms with Crippen molar-refractivity contribution < 1.29 is 0 Å². The van der Waals surface area contributed by atoms with Crippen LogP contribution in [0.15, 0.2) is 48.7 Å². The molecule has 0 aliphatic heterocycles. The van der Waals surface area contributed by atoms with Gasteiger partial charge in [-0.25, -0.2) is 0 Å². The first-order valence-electron chi connectivity index (χ1n) is 4.59. The smallest absolute Gasteiger partial charge is 0.0714 e. The zero-order valence-electron chi connectivity index (χ0n) is 7.57. The van der Waals surface area contributed by atoms with E-state index in [1.165, 1.54) is 16.2 Å². The molecule has 0 N–H and O–H groups in total. The maximum absolute atomic E-state index is 4.38. The van der Waals surface area contributed by atoms with Gasteiger partial charge < -0.3 is 0 Å². The number of hydrogen-bond donors (Lipinski definition) is 0. The lowest BCUT2D eigenvalue weighted by atomic mass is 10.1. The normalized spacial score (nSPS) is 10.9. The highest BCUT2D eigenvalue weighted by Crippen LogP contribution is 2.22. The van der Waals surface area contributed by atoms with Crippen LogP contribution in [0, 0.1) is 6.07 Å². The molecule has 2 aromatic carbocycles. The third-order valence-corrected chi connectivity index (χ3v) is 2.44. The van der Waals surface area contributed by atoms with Crippen LogP contribution < -0.4 is 0 Å². The van der Waals surface area contributed by atoms with Gasteiger partial charge in [0.15, 0.2) is 0 Å². The molecular formula is C13H8N. The summed E-state index contributed by atoms with van der Waals surface area (Å²) in [4.78, 5) is 4.38. The molecule has 3 rings (SSSR count). The largest absolute Gasteiger partial charge is 0.256 e. The van der Waals surface area contributed by atoms with Crippen molar-refractivity contribution in [3.63, 3.8) is 0 Å². The molecule has 0 atom stereocenters. The summed E-state index contributed by atoms with van der Waals surface area (Å²) in [5.41, 5.74) is 1.01. The summed E-state index contributed by atoms with van der Waals surface area (Å²) in [5.74, 6) is 0. The number of benzene rings is 2. The Morgan fingerprint density at radius 2 is 1.93 bits per heavy atom. The summed E-state index contributed by atoms with van der Waals surface area (Å²) in [7, 11) is 0. The fourth-order valence-corrected chi connectivity index (χ4v) is 1.75. The fraction of sp³-hybridized carbons (Fsp3) is 0. The second-order valence-corrected chi connectivity index (χ2v) is 3.29. The minimum atomic E-state index is 1.01. The van der Waals surface area contributed by atoms with Gasteiger partial charge in [-0.2, -0.15) is 0 Å². The number of pyridine rings is 1. The van der Waals surface area contributed by atoms with Crippen LogP contribution in [0.4, 0.5) is 0 Å². The summed E-state index contributed by atoms with van der Waals surface area (Å²) < 4.78 is 0. The van der Waals surface area contributed by atoms with Gasteiger partial charge >= 0.3 is 0 Å². The molecule has 1 radical (unpaired) electrons. The van der Waals surface area contributed by atoms with Crippen molar-refractivity contribution in [2.24, 2.45) is 0 Å². The number of nitrogens with zero attached hydrogens (tertiary/aromatic N) is 1. The molecule has 3 aromatic rings. The van der Waals surface area contributed by atoms with E-state index in [9.17, 15) is 0 Å². The predicted molar refractivity (Wildman–Crippen MR) is 58.1 cm³/mol. The number of hydrogen-bond acceptors (Lipinski definition) is 1. The van der Waals surface area contributed by atoms with Gasteiger partial charge in [-0.1, -0.05) is 36.4 Å². The van der Waals surface area contributed by atoms with Gasteiger partial charge in [-0.15, -0.1) is 0 Å². The van der Waals surface area contributed by atoms with E-state index in [1.54, 1.807) is 0 Å². The molecule has 0 aliphatic carbocycles. The molecule has 1 heteroatoms. The molecular weight excluding hydrogens is 170 g/mol. The van der Waals surface area contributed by atoms with Crippen molar-refractivity contribution in [1.82, 2.24) is 4.98 Å². The van der Waals surface area contributed by atoms with E-state index in [-0.39, 0.29) is 0 Å². The highest BCUT2D eigenvalue weighted by Gasteiger charge is 1.98. The number of fused-ring (bicyclic) bond motifs is 3. The lowest BCUT2D eigenvalue weighted by Gasteiger charge is -2.01. The minimum Gasteiger partial charge on any atom is -0.256 e. The molecule has 0 saturated heterocycles. The summed E-state index contributed by atoms with van der Waals surface area (Å²) in [6.07, 6.45) is 1.91. The Balaban J connectivity index is 2.61. The Bertz CT molecular complexity index is 544. The van der Waals surface area contributed by atoms with E-state index in [1.807, 2.05) is 24.4 Å². The first kappa shape index (κ1) is 7.51. The topological polar surface area (TPSA) is 12.9 Å². The Morgan fingerprint density at radius 1 is 1.00 bits per heavy atom. The van der Waals surface area contributed by atoms with E-state index in [4.69, 9.17) is 0 Å². The molecule has 1 nitrogen and oxygen atoms in total. The summed E-state index contributed by atoms with van der Waals surface area (Å²) in [5, 5.41) is 3.64. The van der Waals surface area contributed by atoms with Crippen LogP contribution in [0.1, 0.15) is 0 Å².